The minimum atomic E-state index is -6.54. The van der Waals surface area contributed by atoms with E-state index < -0.39 is 106 Å². The Bertz CT molecular complexity index is 1050. The molecule has 0 saturated carbocycles. The van der Waals surface area contributed by atoms with Crippen LogP contribution in [0.25, 0.3) is 0 Å². The molecule has 50 heteroatoms. The van der Waals surface area contributed by atoms with Gasteiger partial charge in [0.15, 0.2) is 0 Å². The summed E-state index contributed by atoms with van der Waals surface area (Å²) in [7, 11) is -52.3. The van der Waals surface area contributed by atoms with Crippen molar-refractivity contribution in [2.75, 3.05) is 13.1 Å². The van der Waals surface area contributed by atoms with Crippen LogP contribution >= 0.6 is 60.8 Å². The molecule has 0 amide bonds. The Hall–Kier alpha value is 0.480. The Morgan fingerprint density at radius 3 is 0.357 bits per heavy atom. The maximum atomic E-state index is 11.9. The normalized spacial score (nSPS) is 11.3. The molecule has 0 aromatic carbocycles. The molecule has 0 unspecified atom stereocenters. The molecule has 0 saturated heterocycles. The molecule has 0 bridgehead atoms. The zero-order valence-electron chi connectivity index (χ0n) is 29.9. The number of hydrogen-bond acceptors (Lipinski definition) is 26. The highest BCUT2D eigenvalue weighted by Gasteiger charge is 2.61. The van der Waals surface area contributed by atoms with E-state index in [-0.39, 0.29) is 98.4 Å². The standard InChI is InChI=1S/C6H24N2O24P8.16H3N/c9-33(10,11)3(34(12,13)14)7(4(35(15,16)17)36(18,19)20)1-2-8(5(37(21,22)23)38(24,25)26)6(39(27,28)29)40(30,31)32;;;;;;;;;;;;;;;;/h3-6H,1-2H2,(H2,9,10,11)(H2,12,13,14)(H2,15,16,17)(H2,18,19,20)(H2,21,22,23)(H2,24,25,26)(H2,27,28,29)(H2,30,31,32);16*1H3. The molecule has 0 atom stereocenters. The summed E-state index contributed by atoms with van der Waals surface area (Å²) >= 11 is 0. The Morgan fingerprint density at radius 2 is 0.304 bits per heavy atom. The van der Waals surface area contributed by atoms with E-state index in [9.17, 15) is 115 Å². The molecular formula is C6H72N18O24P8. The predicted molar refractivity (Wildman–Crippen MR) is 205 cm³/mol. The molecule has 0 aliphatic carbocycles. The summed E-state index contributed by atoms with van der Waals surface area (Å²) in [5, 5.41) is 0. The second kappa shape index (κ2) is 35.1. The second-order valence-corrected chi connectivity index (χ2v) is 22.5. The molecule has 0 aromatic rings. The topological polar surface area (TPSA) is 1030 Å². The highest BCUT2D eigenvalue weighted by molar-refractivity contribution is 7.73. The first-order valence-electron chi connectivity index (χ1n) is 8.89. The van der Waals surface area contributed by atoms with Crippen molar-refractivity contribution in [3.05, 3.63) is 0 Å². The van der Waals surface area contributed by atoms with E-state index in [4.69, 9.17) is 0 Å². The third-order valence-electron chi connectivity index (χ3n) is 4.21. The molecule has 0 aromatic heterocycles. The van der Waals surface area contributed by atoms with Gasteiger partial charge in [0.2, 0.25) is 22.1 Å². The lowest BCUT2D eigenvalue weighted by Crippen LogP contribution is -2.50. The second-order valence-electron chi connectivity index (χ2n) is 7.57. The van der Waals surface area contributed by atoms with Gasteiger partial charge < -0.3 is 177 Å². The summed E-state index contributed by atoms with van der Waals surface area (Å²) in [5.74, 6) is 0. The molecule has 0 spiro atoms. The first kappa shape index (κ1) is 112. The van der Waals surface area contributed by atoms with Crippen LogP contribution < -0.4 is 98.4 Å². The Balaban J connectivity index is -0.0000000634. The Kier molecular flexibility index (Phi) is 69.9. The summed E-state index contributed by atoms with van der Waals surface area (Å²) < 4.78 is 95.0. The van der Waals surface area contributed by atoms with Crippen LogP contribution in [0.5, 0.6) is 0 Å². The van der Waals surface area contributed by atoms with Crippen LogP contribution in [0.1, 0.15) is 0 Å². The zero-order chi connectivity index (χ0) is 32.9. The van der Waals surface area contributed by atoms with E-state index in [0.717, 1.165) is 0 Å². The molecule has 0 aliphatic rings. The van der Waals surface area contributed by atoms with E-state index >= 15 is 0 Å². The van der Waals surface area contributed by atoms with Gasteiger partial charge in [-0.05, 0) is 0 Å². The molecule has 370 valence electrons. The van der Waals surface area contributed by atoms with Crippen LogP contribution in [0.15, 0.2) is 0 Å². The van der Waals surface area contributed by atoms with Gasteiger partial charge in [0, 0.05) is 13.1 Å². The molecule has 0 heterocycles. The lowest BCUT2D eigenvalue weighted by Gasteiger charge is -2.41. The fraction of sp³-hybridized carbons (Fsp3) is 1.00. The smallest absolute Gasteiger partial charge is 0.344 e. The first-order chi connectivity index (χ1) is 17.0. The SMILES string of the molecule is N.N.N.N.N.N.N.N.N.N.N.N.N.N.N.N.O=P(O)(O)C(N(CCN(C(P(=O)(O)O)P(=O)(O)O)C(P(=O)(O)O)P(=O)(O)O)C(P(=O)(O)O)P(=O)(O)O)P(=O)(O)O. The van der Waals surface area contributed by atoms with Crippen molar-refractivity contribution in [3.63, 3.8) is 0 Å². The summed E-state index contributed by atoms with van der Waals surface area (Å²) in [5.41, 5.74) is -15.9. The molecule has 0 rings (SSSR count). The highest BCUT2D eigenvalue weighted by Crippen LogP contribution is 2.71. The largest absolute Gasteiger partial charge is 0.355 e. The van der Waals surface area contributed by atoms with Gasteiger partial charge in [0.1, 0.15) is 0 Å². The third kappa shape index (κ3) is 32.3. The first-order valence-corrected chi connectivity index (χ1v) is 22.3. The summed E-state index contributed by atoms with van der Waals surface area (Å²) in [4.78, 5) is 149. The van der Waals surface area contributed by atoms with E-state index in [1.807, 2.05) is 0 Å². The minimum absolute atomic E-state index is 0. The van der Waals surface area contributed by atoms with Crippen molar-refractivity contribution >= 4 is 60.8 Å². The molecule has 64 N–H and O–H groups in total. The average Bonchev–Trinajstić information content (AvgIpc) is 2.48. The maximum absolute atomic E-state index is 11.9. The Morgan fingerprint density at radius 1 is 0.232 bits per heavy atom. The van der Waals surface area contributed by atoms with Crippen molar-refractivity contribution in [1.82, 2.24) is 108 Å². The summed E-state index contributed by atoms with van der Waals surface area (Å²) in [6.45, 7) is -4.54. The zero-order valence-corrected chi connectivity index (χ0v) is 37.1. The quantitative estimate of drug-likeness (QED) is 0.0851. The van der Waals surface area contributed by atoms with E-state index in [2.05, 4.69) is 0 Å². The van der Waals surface area contributed by atoms with Gasteiger partial charge in [-0.25, -0.2) is 0 Å². The van der Waals surface area contributed by atoms with Crippen LogP contribution in [0.2, 0.25) is 0 Å². The van der Waals surface area contributed by atoms with Crippen molar-refractivity contribution in [1.29, 1.82) is 0 Å². The van der Waals surface area contributed by atoms with Crippen LogP contribution in [-0.2, 0) is 36.5 Å². The van der Waals surface area contributed by atoms with Gasteiger partial charge >= 0.3 is 60.8 Å². The molecule has 0 aliphatic heterocycles. The lowest BCUT2D eigenvalue weighted by molar-refractivity contribution is 0.152. The van der Waals surface area contributed by atoms with E-state index in [1.54, 1.807) is 0 Å². The molecule has 42 nitrogen and oxygen atoms in total. The monoisotopic (exact) mass is 1030 g/mol. The third-order valence-corrected chi connectivity index (χ3v) is 18.6. The molecule has 56 heavy (non-hydrogen) atoms. The van der Waals surface area contributed by atoms with Gasteiger partial charge in [0.05, 0.1) is 0 Å². The number of rotatable bonds is 15. The van der Waals surface area contributed by atoms with Crippen LogP contribution in [0.4, 0.5) is 0 Å². The summed E-state index contributed by atoms with van der Waals surface area (Å²) in [6, 6.07) is 0. The molecular weight excluding hydrogens is 956 g/mol. The number of hydrogen-bond donors (Lipinski definition) is 32. The fourth-order valence-corrected chi connectivity index (χ4v) is 15.5. The van der Waals surface area contributed by atoms with Crippen molar-refractivity contribution in [2.24, 2.45) is 0 Å². The maximum Gasteiger partial charge on any atom is 0.355 e. The number of nitrogens with zero attached hydrogens (tertiary/aromatic N) is 2. The van der Waals surface area contributed by atoms with Crippen molar-refractivity contribution in [2.45, 2.75) is 22.1 Å². The van der Waals surface area contributed by atoms with Crippen molar-refractivity contribution in [3.8, 4) is 0 Å². The van der Waals surface area contributed by atoms with Crippen LogP contribution in [0.3, 0.4) is 0 Å². The van der Waals surface area contributed by atoms with Crippen LogP contribution in [0, 0.1) is 0 Å². The summed E-state index contributed by atoms with van der Waals surface area (Å²) in [6.07, 6.45) is 0. The van der Waals surface area contributed by atoms with Crippen LogP contribution in [-0.4, -0.2) is 123 Å². The highest BCUT2D eigenvalue weighted by atomic mass is 31.3. The lowest BCUT2D eigenvalue weighted by atomic mass is 10.5. The van der Waals surface area contributed by atoms with Gasteiger partial charge in [-0.1, -0.05) is 0 Å². The van der Waals surface area contributed by atoms with E-state index in [1.165, 1.54) is 0 Å². The molecule has 0 fully saturated rings. The van der Waals surface area contributed by atoms with E-state index in [0.29, 0.717) is 0 Å². The van der Waals surface area contributed by atoms with Gasteiger partial charge in [-0.2, -0.15) is 0 Å². The predicted octanol–water partition coefficient (Wildman–Crippen LogP) is -1.26. The van der Waals surface area contributed by atoms with Gasteiger partial charge in [0.25, 0.3) is 0 Å². The van der Waals surface area contributed by atoms with Gasteiger partial charge in [-0.3, -0.25) is 46.3 Å². The van der Waals surface area contributed by atoms with Crippen molar-refractivity contribution < 1.29 is 115 Å². The average molecular weight is 1030 g/mol. The Labute approximate surface area is 319 Å². The minimum Gasteiger partial charge on any atom is -0.344 e. The van der Waals surface area contributed by atoms with Gasteiger partial charge in [-0.15, -0.1) is 0 Å². The molecule has 0 radical (unpaired) electrons. The fourth-order valence-electron chi connectivity index (χ4n) is 3.26.